The van der Waals surface area contributed by atoms with E-state index in [2.05, 4.69) is 11.9 Å². The molecule has 0 aliphatic carbocycles. The van der Waals surface area contributed by atoms with Gasteiger partial charge in [0.25, 0.3) is 5.91 Å². The third kappa shape index (κ3) is 4.25. The topological polar surface area (TPSA) is 70.7 Å². The molecule has 138 valence electrons. The predicted octanol–water partition coefficient (Wildman–Crippen LogP) is 4.06. The Morgan fingerprint density at radius 3 is 2.57 bits per heavy atom. The Labute approximate surface area is 164 Å². The highest BCUT2D eigenvalue weighted by atomic mass is 16.1. The number of nitriles is 1. The van der Waals surface area contributed by atoms with E-state index in [-0.39, 0.29) is 5.57 Å². The van der Waals surface area contributed by atoms with Crippen molar-refractivity contribution in [2.45, 2.75) is 6.92 Å². The van der Waals surface area contributed by atoms with Crippen LogP contribution in [0.4, 0.5) is 0 Å². The van der Waals surface area contributed by atoms with Crippen LogP contribution in [0.25, 0.3) is 23.0 Å². The largest absolute Gasteiger partial charge is 0.348 e. The summed E-state index contributed by atoms with van der Waals surface area (Å²) >= 11 is 0. The maximum absolute atomic E-state index is 12.2. The molecule has 0 aliphatic heterocycles. The number of nitrogens with zero attached hydrogens (tertiary/aromatic N) is 3. The van der Waals surface area contributed by atoms with Crippen molar-refractivity contribution in [1.29, 1.82) is 5.26 Å². The molecule has 1 aromatic heterocycles. The number of aromatic nitrogens is 2. The molecule has 0 atom stereocenters. The first-order chi connectivity index (χ1) is 13.6. The molecule has 0 saturated heterocycles. The van der Waals surface area contributed by atoms with Gasteiger partial charge in [-0.3, -0.25) is 4.79 Å². The number of para-hydroxylation sites is 1. The molecular formula is C23H20N4O. The van der Waals surface area contributed by atoms with E-state index in [4.69, 9.17) is 5.10 Å². The molecule has 0 spiro atoms. The van der Waals surface area contributed by atoms with Crippen molar-refractivity contribution in [3.8, 4) is 23.0 Å². The number of nitrogens with one attached hydrogen (secondary N) is 1. The number of hydrogen-bond donors (Lipinski definition) is 1. The second kappa shape index (κ2) is 8.65. The lowest BCUT2D eigenvalue weighted by Gasteiger charge is -2.02. The van der Waals surface area contributed by atoms with Gasteiger partial charge in [0.1, 0.15) is 11.6 Å². The van der Waals surface area contributed by atoms with E-state index in [1.165, 1.54) is 0 Å². The summed E-state index contributed by atoms with van der Waals surface area (Å²) in [4.78, 5) is 12.2. The molecule has 0 unspecified atom stereocenters. The highest BCUT2D eigenvalue weighted by Gasteiger charge is 2.14. The van der Waals surface area contributed by atoms with Crippen molar-refractivity contribution < 1.29 is 4.79 Å². The first kappa shape index (κ1) is 18.9. The highest BCUT2D eigenvalue weighted by Crippen LogP contribution is 2.26. The first-order valence-corrected chi connectivity index (χ1v) is 8.85. The van der Waals surface area contributed by atoms with Crippen LogP contribution in [0.1, 0.15) is 11.1 Å². The minimum absolute atomic E-state index is 0.0165. The average molecular weight is 368 g/mol. The van der Waals surface area contributed by atoms with E-state index < -0.39 is 5.91 Å². The lowest BCUT2D eigenvalue weighted by Crippen LogP contribution is -2.24. The van der Waals surface area contributed by atoms with Crippen molar-refractivity contribution in [2.24, 2.45) is 0 Å². The number of carbonyl (C=O) groups is 1. The van der Waals surface area contributed by atoms with Crippen LogP contribution in [-0.2, 0) is 4.79 Å². The summed E-state index contributed by atoms with van der Waals surface area (Å²) in [5, 5.41) is 16.8. The standard InChI is InChI=1S/C23H20N4O/c1-3-13-25-23(28)19(15-24)14-20-16-27(21-7-5-4-6-8-21)26-22(20)18-11-9-17(2)10-12-18/h3-12,14,16H,1,13H2,2H3,(H,25,28). The summed E-state index contributed by atoms with van der Waals surface area (Å²) < 4.78 is 1.75. The first-order valence-electron chi connectivity index (χ1n) is 8.85. The molecule has 0 bridgehead atoms. The number of amides is 1. The van der Waals surface area contributed by atoms with Gasteiger partial charge in [0.2, 0.25) is 0 Å². The van der Waals surface area contributed by atoms with Crippen LogP contribution in [0, 0.1) is 18.3 Å². The number of aryl methyl sites for hydroxylation is 1. The van der Waals surface area contributed by atoms with Gasteiger partial charge in [-0.2, -0.15) is 10.4 Å². The zero-order valence-electron chi connectivity index (χ0n) is 15.6. The van der Waals surface area contributed by atoms with E-state index >= 15 is 0 Å². The fraction of sp³-hybridized carbons (Fsp3) is 0.0870. The van der Waals surface area contributed by atoms with Gasteiger partial charge >= 0.3 is 0 Å². The highest BCUT2D eigenvalue weighted by molar-refractivity contribution is 6.02. The molecule has 0 radical (unpaired) electrons. The van der Waals surface area contributed by atoms with E-state index in [9.17, 15) is 10.1 Å². The molecule has 1 N–H and O–H groups in total. The number of hydrogen-bond acceptors (Lipinski definition) is 3. The SMILES string of the molecule is C=CCNC(=O)C(C#N)=Cc1cn(-c2ccccc2)nc1-c1ccc(C)cc1. The minimum Gasteiger partial charge on any atom is -0.348 e. The Kier molecular flexibility index (Phi) is 5.83. The van der Waals surface area contributed by atoms with Gasteiger partial charge in [0.15, 0.2) is 0 Å². The lowest BCUT2D eigenvalue weighted by molar-refractivity contribution is -0.116. The van der Waals surface area contributed by atoms with Crippen LogP contribution < -0.4 is 5.32 Å². The van der Waals surface area contributed by atoms with Gasteiger partial charge in [-0.1, -0.05) is 54.1 Å². The number of carbonyl (C=O) groups excluding carboxylic acids is 1. The quantitative estimate of drug-likeness (QED) is 0.405. The van der Waals surface area contributed by atoms with Crippen molar-refractivity contribution >= 4 is 12.0 Å². The van der Waals surface area contributed by atoms with Gasteiger partial charge in [-0.15, -0.1) is 6.58 Å². The van der Waals surface area contributed by atoms with E-state index in [1.54, 1.807) is 16.8 Å². The summed E-state index contributed by atoms with van der Waals surface area (Å²) in [7, 11) is 0. The molecule has 0 saturated carbocycles. The monoisotopic (exact) mass is 368 g/mol. The molecule has 2 aromatic carbocycles. The van der Waals surface area contributed by atoms with Crippen LogP contribution in [0.15, 0.2) is 79.0 Å². The Bertz CT molecular complexity index is 1050. The Balaban J connectivity index is 2.10. The number of benzene rings is 2. The summed E-state index contributed by atoms with van der Waals surface area (Å²) in [5.74, 6) is -0.440. The maximum atomic E-state index is 12.2. The predicted molar refractivity (Wildman–Crippen MR) is 111 cm³/mol. The molecular weight excluding hydrogens is 348 g/mol. The molecule has 3 rings (SSSR count). The Morgan fingerprint density at radius 2 is 1.93 bits per heavy atom. The third-order valence-electron chi connectivity index (χ3n) is 4.16. The van der Waals surface area contributed by atoms with Crippen LogP contribution in [-0.4, -0.2) is 22.2 Å². The summed E-state index contributed by atoms with van der Waals surface area (Å²) in [6, 6.07) is 19.6. The van der Waals surface area contributed by atoms with E-state index in [1.807, 2.05) is 73.8 Å². The summed E-state index contributed by atoms with van der Waals surface area (Å²) in [6.07, 6.45) is 4.96. The minimum atomic E-state index is -0.440. The molecule has 5 nitrogen and oxygen atoms in total. The second-order valence-corrected chi connectivity index (χ2v) is 6.25. The van der Waals surface area contributed by atoms with Crippen molar-refractivity contribution in [1.82, 2.24) is 15.1 Å². The summed E-state index contributed by atoms with van der Waals surface area (Å²) in [5.41, 5.74) is 4.36. The smallest absolute Gasteiger partial charge is 0.262 e. The van der Waals surface area contributed by atoms with E-state index in [0.717, 1.165) is 16.8 Å². The molecule has 3 aromatic rings. The third-order valence-corrected chi connectivity index (χ3v) is 4.16. The van der Waals surface area contributed by atoms with E-state index in [0.29, 0.717) is 17.8 Å². The van der Waals surface area contributed by atoms with Crippen LogP contribution in [0.2, 0.25) is 0 Å². The van der Waals surface area contributed by atoms with Gasteiger partial charge in [0.05, 0.1) is 11.4 Å². The number of rotatable bonds is 6. The Hall–Kier alpha value is -3.91. The molecule has 1 amide bonds. The zero-order valence-corrected chi connectivity index (χ0v) is 15.6. The average Bonchev–Trinajstić information content (AvgIpc) is 3.15. The van der Waals surface area contributed by atoms with Gasteiger partial charge in [-0.05, 0) is 25.1 Å². The van der Waals surface area contributed by atoms with Gasteiger partial charge < -0.3 is 5.32 Å². The van der Waals surface area contributed by atoms with Crippen LogP contribution >= 0.6 is 0 Å². The summed E-state index contributed by atoms with van der Waals surface area (Å²) in [6.45, 7) is 5.89. The fourth-order valence-electron chi connectivity index (χ4n) is 2.71. The fourth-order valence-corrected chi connectivity index (χ4v) is 2.71. The van der Waals surface area contributed by atoms with Crippen molar-refractivity contribution in [3.63, 3.8) is 0 Å². The van der Waals surface area contributed by atoms with Gasteiger partial charge in [-0.25, -0.2) is 4.68 Å². The van der Waals surface area contributed by atoms with Crippen molar-refractivity contribution in [2.75, 3.05) is 6.54 Å². The molecule has 1 heterocycles. The molecule has 0 aliphatic rings. The van der Waals surface area contributed by atoms with Crippen LogP contribution in [0.3, 0.4) is 0 Å². The second-order valence-electron chi connectivity index (χ2n) is 6.25. The normalized spacial score (nSPS) is 10.9. The van der Waals surface area contributed by atoms with Gasteiger partial charge in [0, 0.05) is 23.9 Å². The maximum Gasteiger partial charge on any atom is 0.262 e. The van der Waals surface area contributed by atoms with Crippen LogP contribution in [0.5, 0.6) is 0 Å². The zero-order chi connectivity index (χ0) is 19.9. The Morgan fingerprint density at radius 1 is 1.21 bits per heavy atom. The molecule has 0 fully saturated rings. The molecule has 5 heteroatoms. The molecule has 28 heavy (non-hydrogen) atoms. The van der Waals surface area contributed by atoms with Crippen molar-refractivity contribution in [3.05, 3.63) is 90.1 Å². The lowest BCUT2D eigenvalue weighted by atomic mass is 10.0.